The van der Waals surface area contributed by atoms with Crippen LogP contribution < -0.4 is 11.5 Å². The van der Waals surface area contributed by atoms with Crippen molar-refractivity contribution < 1.29 is 14.0 Å². The fraction of sp³-hybridized carbons (Fsp3) is 0.462. The van der Waals surface area contributed by atoms with E-state index in [1.807, 2.05) is 0 Å². The van der Waals surface area contributed by atoms with Gasteiger partial charge in [0.15, 0.2) is 0 Å². The van der Waals surface area contributed by atoms with Crippen LogP contribution in [0.3, 0.4) is 0 Å². The summed E-state index contributed by atoms with van der Waals surface area (Å²) < 4.78 is 13.4. The van der Waals surface area contributed by atoms with Crippen molar-refractivity contribution in [2.75, 3.05) is 18.8 Å². The van der Waals surface area contributed by atoms with E-state index in [-0.39, 0.29) is 18.2 Å². The maximum atomic E-state index is 13.4. The molecule has 5 nitrogen and oxygen atoms in total. The van der Waals surface area contributed by atoms with Crippen LogP contribution in [0.5, 0.6) is 0 Å². The molecule has 104 valence electrons. The van der Waals surface area contributed by atoms with E-state index in [1.54, 1.807) is 11.1 Å². The second-order valence-electron chi connectivity index (χ2n) is 4.68. The van der Waals surface area contributed by atoms with Crippen molar-refractivity contribution in [3.63, 3.8) is 0 Å². The fourth-order valence-electron chi connectivity index (χ4n) is 2.54. The van der Waals surface area contributed by atoms with Crippen LogP contribution in [0.2, 0.25) is 0 Å². The van der Waals surface area contributed by atoms with Gasteiger partial charge >= 0.3 is 6.47 Å². The van der Waals surface area contributed by atoms with Crippen molar-refractivity contribution in [2.24, 2.45) is 5.73 Å². The lowest BCUT2D eigenvalue weighted by Gasteiger charge is -2.30. The van der Waals surface area contributed by atoms with Crippen molar-refractivity contribution >= 4 is 12.2 Å². The Morgan fingerprint density at radius 1 is 1.42 bits per heavy atom. The molecule has 0 aliphatic carbocycles. The Labute approximate surface area is 111 Å². The van der Waals surface area contributed by atoms with E-state index in [9.17, 15) is 9.18 Å². The molecule has 0 bridgehead atoms. The van der Waals surface area contributed by atoms with E-state index >= 15 is 0 Å². The molecular formula is C13H18FN3O2. The van der Waals surface area contributed by atoms with Gasteiger partial charge in [-0.2, -0.15) is 0 Å². The van der Waals surface area contributed by atoms with Gasteiger partial charge in [0.1, 0.15) is 5.82 Å². The second-order valence-corrected chi connectivity index (χ2v) is 4.68. The summed E-state index contributed by atoms with van der Waals surface area (Å²) in [7, 11) is 0. The minimum atomic E-state index is -0.425. The van der Waals surface area contributed by atoms with Crippen LogP contribution in [0, 0.1) is 5.82 Å². The van der Waals surface area contributed by atoms with Crippen LogP contribution in [-0.4, -0.2) is 24.6 Å². The molecule has 1 saturated heterocycles. The number of hydrogen-bond donors (Lipinski definition) is 2. The average Bonchev–Trinajstić information content (AvgIpc) is 2.43. The molecule has 1 aromatic rings. The smallest absolute Gasteiger partial charge is 0.312 e. The minimum Gasteiger partial charge on any atom is -0.396 e. The maximum absolute atomic E-state index is 13.4. The summed E-state index contributed by atoms with van der Waals surface area (Å²) in [5, 5.41) is 1.62. The lowest BCUT2D eigenvalue weighted by molar-refractivity contribution is -0.178. The summed E-state index contributed by atoms with van der Waals surface area (Å²) in [6.07, 6.45) is 1.65. The molecule has 1 aromatic carbocycles. The summed E-state index contributed by atoms with van der Waals surface area (Å²) in [4.78, 5) is 15.1. The van der Waals surface area contributed by atoms with Crippen LogP contribution in [0.25, 0.3) is 0 Å². The molecule has 1 fully saturated rings. The number of hydrogen-bond acceptors (Lipinski definition) is 5. The number of nitrogens with zero attached hydrogens (tertiary/aromatic N) is 1. The molecule has 0 unspecified atom stereocenters. The molecule has 0 aromatic heterocycles. The normalized spacial score (nSPS) is 17.4. The first-order valence-corrected chi connectivity index (χ1v) is 6.29. The van der Waals surface area contributed by atoms with E-state index in [2.05, 4.69) is 0 Å². The molecule has 0 radical (unpaired) electrons. The summed E-state index contributed by atoms with van der Waals surface area (Å²) in [5.41, 5.74) is 13.2. The summed E-state index contributed by atoms with van der Waals surface area (Å²) >= 11 is 0. The molecule has 0 amide bonds. The predicted molar refractivity (Wildman–Crippen MR) is 69.4 cm³/mol. The Morgan fingerprint density at radius 3 is 2.68 bits per heavy atom. The van der Waals surface area contributed by atoms with Gasteiger partial charge in [-0.05, 0) is 42.0 Å². The molecule has 19 heavy (non-hydrogen) atoms. The second kappa shape index (κ2) is 5.99. The van der Waals surface area contributed by atoms with Crippen LogP contribution in [-0.2, 0) is 16.2 Å². The first kappa shape index (κ1) is 13.8. The fourth-order valence-corrected chi connectivity index (χ4v) is 2.54. The first-order chi connectivity index (χ1) is 9.15. The molecule has 4 N–H and O–H groups in total. The third-order valence-corrected chi connectivity index (χ3v) is 3.56. The van der Waals surface area contributed by atoms with Gasteiger partial charge in [-0.1, -0.05) is 0 Å². The van der Waals surface area contributed by atoms with Gasteiger partial charge in [0.05, 0.1) is 5.69 Å². The molecule has 1 aliphatic rings. The van der Waals surface area contributed by atoms with Crippen molar-refractivity contribution in [2.45, 2.75) is 25.3 Å². The highest BCUT2D eigenvalue weighted by atomic mass is 19.1. The zero-order valence-corrected chi connectivity index (χ0v) is 10.6. The van der Waals surface area contributed by atoms with Gasteiger partial charge < -0.3 is 16.3 Å². The Hall–Kier alpha value is -1.66. The number of benzene rings is 1. The van der Waals surface area contributed by atoms with E-state index in [0.717, 1.165) is 24.0 Å². The Kier molecular flexibility index (Phi) is 4.34. The average molecular weight is 267 g/mol. The van der Waals surface area contributed by atoms with Gasteiger partial charge in [-0.25, -0.2) is 4.39 Å². The van der Waals surface area contributed by atoms with E-state index in [4.69, 9.17) is 16.3 Å². The van der Waals surface area contributed by atoms with Crippen molar-refractivity contribution in [3.05, 3.63) is 29.1 Å². The SMILES string of the molecule is NCc1cc(F)c(N)cc1C1CCN(OC=O)CC1. The van der Waals surface area contributed by atoms with Crippen LogP contribution in [0.1, 0.15) is 29.9 Å². The number of anilines is 1. The topological polar surface area (TPSA) is 81.6 Å². The molecule has 0 spiro atoms. The standard InChI is InChI=1S/C13H18FN3O2/c14-12-5-10(7-15)11(6-13(12)16)9-1-3-17(4-2-9)19-8-18/h5-6,8-9H,1-4,7,15-16H2. The van der Waals surface area contributed by atoms with Crippen molar-refractivity contribution in [1.29, 1.82) is 0 Å². The maximum Gasteiger partial charge on any atom is 0.312 e. The Morgan fingerprint density at radius 2 is 2.11 bits per heavy atom. The number of hydroxylamine groups is 2. The quantitative estimate of drug-likeness (QED) is 0.631. The minimum absolute atomic E-state index is 0.152. The summed E-state index contributed by atoms with van der Waals surface area (Å²) in [6.45, 7) is 2.04. The molecular weight excluding hydrogens is 249 g/mol. The van der Waals surface area contributed by atoms with Gasteiger partial charge in [0, 0.05) is 19.6 Å². The van der Waals surface area contributed by atoms with Crippen LogP contribution in [0.4, 0.5) is 10.1 Å². The highest BCUT2D eigenvalue weighted by Gasteiger charge is 2.24. The number of carbonyl (C=O) groups is 1. The van der Waals surface area contributed by atoms with Crippen LogP contribution in [0.15, 0.2) is 12.1 Å². The Balaban J connectivity index is 2.14. The van der Waals surface area contributed by atoms with E-state index in [1.165, 1.54) is 6.07 Å². The van der Waals surface area contributed by atoms with Crippen molar-refractivity contribution in [1.82, 2.24) is 5.06 Å². The van der Waals surface area contributed by atoms with Crippen molar-refractivity contribution in [3.8, 4) is 0 Å². The number of halogens is 1. The Bertz CT molecular complexity index is 459. The number of piperidine rings is 1. The highest BCUT2D eigenvalue weighted by molar-refractivity contribution is 5.47. The molecule has 1 heterocycles. The number of nitrogens with two attached hydrogens (primary N) is 2. The van der Waals surface area contributed by atoms with Gasteiger partial charge in [-0.15, -0.1) is 5.06 Å². The van der Waals surface area contributed by atoms with Crippen LogP contribution >= 0.6 is 0 Å². The third kappa shape index (κ3) is 3.02. The largest absolute Gasteiger partial charge is 0.396 e. The van der Waals surface area contributed by atoms with Gasteiger partial charge in [0.2, 0.25) is 0 Å². The zero-order chi connectivity index (χ0) is 13.8. The van der Waals surface area contributed by atoms with E-state index < -0.39 is 5.82 Å². The first-order valence-electron chi connectivity index (χ1n) is 6.29. The molecule has 6 heteroatoms. The lowest BCUT2D eigenvalue weighted by Crippen LogP contribution is -2.33. The molecule has 1 aliphatic heterocycles. The molecule has 0 saturated carbocycles. The number of nitrogen functional groups attached to an aromatic ring is 1. The number of rotatable bonds is 4. The lowest BCUT2D eigenvalue weighted by atomic mass is 9.86. The monoisotopic (exact) mass is 267 g/mol. The van der Waals surface area contributed by atoms with Gasteiger partial charge in [-0.3, -0.25) is 4.79 Å². The predicted octanol–water partition coefficient (Wildman–Crippen LogP) is 1.13. The summed E-state index contributed by atoms with van der Waals surface area (Å²) in [5.74, 6) is -0.154. The number of carbonyl (C=O) groups excluding carboxylic acids is 1. The van der Waals surface area contributed by atoms with E-state index in [0.29, 0.717) is 19.6 Å². The molecule has 2 rings (SSSR count). The third-order valence-electron chi connectivity index (χ3n) is 3.56. The molecule has 0 atom stereocenters. The highest BCUT2D eigenvalue weighted by Crippen LogP contribution is 2.32. The zero-order valence-electron chi connectivity index (χ0n) is 10.6. The van der Waals surface area contributed by atoms with Gasteiger partial charge in [0.25, 0.3) is 0 Å². The summed E-state index contributed by atoms with van der Waals surface area (Å²) in [6, 6.07) is 3.09.